The molecule has 1 unspecified atom stereocenters. The molecule has 3 aliphatic rings. The zero-order valence-corrected chi connectivity index (χ0v) is 26.3. The molecular weight excluding hydrogens is 648 g/mol. The van der Waals surface area contributed by atoms with Crippen molar-refractivity contribution in [3.63, 3.8) is 0 Å². The Hall–Kier alpha value is -4.82. The molecule has 2 amide bonds. The van der Waals surface area contributed by atoms with Gasteiger partial charge in [0.05, 0.1) is 24.4 Å². The summed E-state index contributed by atoms with van der Waals surface area (Å²) in [5.41, 5.74) is -5.61. The number of nitrogens with zero attached hydrogens (tertiary/aromatic N) is 3. The molecule has 10 nitrogen and oxygen atoms in total. The van der Waals surface area contributed by atoms with Gasteiger partial charge in [0.1, 0.15) is 40.5 Å². The smallest absolute Gasteiger partial charge is 0.424 e. The first-order valence-corrected chi connectivity index (χ1v) is 15.8. The highest BCUT2D eigenvalue weighted by Crippen LogP contribution is 2.48. The number of hydrogen-bond donors (Lipinski definition) is 3. The molecule has 2 fully saturated rings. The number of ether oxygens (including phenoxy) is 2. The molecule has 2 aliphatic heterocycles. The van der Waals surface area contributed by atoms with Crippen LogP contribution in [-0.2, 0) is 15.8 Å². The van der Waals surface area contributed by atoms with Crippen LogP contribution < -0.4 is 14.8 Å². The van der Waals surface area contributed by atoms with Crippen molar-refractivity contribution in [2.45, 2.75) is 55.6 Å². The first kappa shape index (κ1) is 32.7. The number of β-amino-alcohol motifs (C(OH)–C–C–N with tert-alkyl or cyclic N) is 1. The summed E-state index contributed by atoms with van der Waals surface area (Å²) in [4.78, 5) is 37.1. The largest absolute Gasteiger partial charge is 0.489 e. The number of aliphatic hydroxyl groups is 2. The van der Waals surface area contributed by atoms with Gasteiger partial charge in [-0.3, -0.25) is 14.6 Å². The van der Waals surface area contributed by atoms with Crippen molar-refractivity contribution in [1.29, 1.82) is 0 Å². The first-order valence-electron chi connectivity index (χ1n) is 15.8. The monoisotopic (exact) mass is 680 g/mol. The Bertz CT molecular complexity index is 1950. The van der Waals surface area contributed by atoms with Crippen molar-refractivity contribution < 1.29 is 46.8 Å². The van der Waals surface area contributed by atoms with Gasteiger partial charge < -0.3 is 29.9 Å². The van der Waals surface area contributed by atoms with Crippen molar-refractivity contribution in [2.75, 3.05) is 26.2 Å². The number of aromatic nitrogens is 2. The fourth-order valence-electron chi connectivity index (χ4n) is 6.24. The van der Waals surface area contributed by atoms with Crippen LogP contribution in [0.2, 0.25) is 0 Å². The second-order valence-corrected chi connectivity index (χ2v) is 13.0. The molecule has 3 atom stereocenters. The van der Waals surface area contributed by atoms with E-state index < -0.39 is 53.2 Å². The SMILES string of the molecule is C[C@]1(C(=O)N2CC[C@H](O)C2)COc2c1cc(C(O)(CNC(=O)c1cc(OC3CC3)c3ncccc3c1)C(F)(F)F)nc2-c1ccc(F)cc1. The topological polar surface area (TPSA) is 134 Å². The molecule has 1 saturated carbocycles. The highest BCUT2D eigenvalue weighted by Gasteiger charge is 2.58. The standard InChI is InChI=1S/C35H32F4N4O6/c1-33(32(46)43-12-10-23(44)16-43)18-48-30-25(33)15-27(42-29(30)19-4-6-22(36)7-5-19)34(47,35(37,38)39)17-41-31(45)21-13-20-3-2-11-40-28(20)26(14-21)49-24-8-9-24/h2-7,11,13-15,23-24,44,47H,8-10,12,16-18H2,1H3,(H,41,45)/t23-,33-,34?/m0/s1. The van der Waals surface area contributed by atoms with E-state index in [0.717, 1.165) is 31.0 Å². The Balaban J connectivity index is 1.28. The molecule has 4 aromatic rings. The van der Waals surface area contributed by atoms with Crippen molar-refractivity contribution in [3.05, 3.63) is 83.4 Å². The van der Waals surface area contributed by atoms with Crippen LogP contribution in [0.25, 0.3) is 22.2 Å². The number of alkyl halides is 3. The molecule has 1 saturated heterocycles. The molecule has 0 bridgehead atoms. The van der Waals surface area contributed by atoms with Gasteiger partial charge in [-0.25, -0.2) is 9.37 Å². The molecule has 3 N–H and O–H groups in total. The lowest BCUT2D eigenvalue weighted by molar-refractivity contribution is -0.265. The van der Waals surface area contributed by atoms with E-state index in [9.17, 15) is 37.4 Å². The second kappa shape index (κ2) is 11.9. The van der Waals surface area contributed by atoms with Gasteiger partial charge in [-0.05, 0) is 74.7 Å². The fraction of sp³-hybridized carbons (Fsp3) is 0.371. The summed E-state index contributed by atoms with van der Waals surface area (Å²) < 4.78 is 70.7. The highest BCUT2D eigenvalue weighted by atomic mass is 19.4. The summed E-state index contributed by atoms with van der Waals surface area (Å²) in [6, 6.07) is 12.0. The average molecular weight is 681 g/mol. The molecular formula is C35H32F4N4O6. The molecule has 256 valence electrons. The summed E-state index contributed by atoms with van der Waals surface area (Å²) in [5, 5.41) is 24.3. The van der Waals surface area contributed by atoms with Gasteiger partial charge in [0.15, 0.2) is 0 Å². The molecule has 2 aromatic heterocycles. The van der Waals surface area contributed by atoms with E-state index in [1.807, 2.05) is 0 Å². The molecule has 0 spiro atoms. The number of aliphatic hydroxyl groups excluding tert-OH is 1. The van der Waals surface area contributed by atoms with Gasteiger partial charge in [0, 0.05) is 41.4 Å². The number of likely N-dealkylation sites (tertiary alicyclic amines) is 1. The summed E-state index contributed by atoms with van der Waals surface area (Å²) in [6.07, 6.45) is -2.60. The van der Waals surface area contributed by atoms with Crippen molar-refractivity contribution in [2.24, 2.45) is 0 Å². The lowest BCUT2D eigenvalue weighted by atomic mass is 9.81. The highest BCUT2D eigenvalue weighted by molar-refractivity contribution is 6.00. The number of carbonyl (C=O) groups is 2. The Morgan fingerprint density at radius 2 is 1.88 bits per heavy atom. The number of pyridine rings is 2. The van der Waals surface area contributed by atoms with E-state index in [1.165, 1.54) is 36.1 Å². The van der Waals surface area contributed by atoms with Crippen LogP contribution >= 0.6 is 0 Å². The number of rotatable bonds is 8. The van der Waals surface area contributed by atoms with Crippen LogP contribution in [0, 0.1) is 5.82 Å². The molecule has 0 radical (unpaired) electrons. The Kier molecular flexibility index (Phi) is 7.98. The summed E-state index contributed by atoms with van der Waals surface area (Å²) in [6.45, 7) is 0.205. The third-order valence-electron chi connectivity index (χ3n) is 9.26. The Labute approximate surface area is 277 Å². The first-order chi connectivity index (χ1) is 23.3. The predicted octanol–water partition coefficient (Wildman–Crippen LogP) is 4.40. The van der Waals surface area contributed by atoms with Crippen LogP contribution in [-0.4, -0.2) is 81.5 Å². The number of halogens is 4. The average Bonchev–Trinajstić information content (AvgIpc) is 3.69. The summed E-state index contributed by atoms with van der Waals surface area (Å²) >= 11 is 0. The second-order valence-electron chi connectivity index (χ2n) is 13.0. The number of fused-ring (bicyclic) bond motifs is 2. The van der Waals surface area contributed by atoms with Gasteiger partial charge in [0.2, 0.25) is 11.5 Å². The van der Waals surface area contributed by atoms with Crippen LogP contribution in [0.4, 0.5) is 17.6 Å². The van der Waals surface area contributed by atoms with Crippen molar-refractivity contribution in [1.82, 2.24) is 20.2 Å². The quantitative estimate of drug-likeness (QED) is 0.233. The summed E-state index contributed by atoms with van der Waals surface area (Å²) in [5.74, 6) is -1.67. The lowest BCUT2D eigenvalue weighted by Gasteiger charge is -2.32. The zero-order chi connectivity index (χ0) is 34.7. The number of nitrogens with one attached hydrogen (secondary N) is 1. The number of amides is 2. The van der Waals surface area contributed by atoms with Crippen LogP contribution in [0.1, 0.15) is 47.8 Å². The van der Waals surface area contributed by atoms with Gasteiger partial charge >= 0.3 is 6.18 Å². The molecule has 4 heterocycles. The fourth-order valence-corrected chi connectivity index (χ4v) is 6.24. The normalized spacial score (nSPS) is 21.6. The third-order valence-corrected chi connectivity index (χ3v) is 9.26. The zero-order valence-electron chi connectivity index (χ0n) is 26.3. The maximum atomic E-state index is 15.0. The Morgan fingerprint density at radius 3 is 2.55 bits per heavy atom. The molecule has 7 rings (SSSR count). The van der Waals surface area contributed by atoms with Crippen molar-refractivity contribution in [3.8, 4) is 22.8 Å². The minimum absolute atomic E-state index is 0.00559. The minimum Gasteiger partial charge on any atom is -0.489 e. The summed E-state index contributed by atoms with van der Waals surface area (Å²) in [7, 11) is 0. The third kappa shape index (κ3) is 5.92. The Morgan fingerprint density at radius 1 is 1.12 bits per heavy atom. The minimum atomic E-state index is -5.37. The van der Waals surface area contributed by atoms with E-state index in [0.29, 0.717) is 23.1 Å². The van der Waals surface area contributed by atoms with E-state index in [-0.39, 0.29) is 53.9 Å². The van der Waals surface area contributed by atoms with Gasteiger partial charge in [0.25, 0.3) is 5.91 Å². The van der Waals surface area contributed by atoms with Gasteiger partial charge in [-0.2, -0.15) is 13.2 Å². The van der Waals surface area contributed by atoms with Crippen LogP contribution in [0.15, 0.2) is 60.8 Å². The van der Waals surface area contributed by atoms with Crippen LogP contribution in [0.5, 0.6) is 11.5 Å². The number of benzene rings is 2. The predicted molar refractivity (Wildman–Crippen MR) is 167 cm³/mol. The number of carbonyl (C=O) groups excluding carboxylic acids is 2. The molecule has 1 aliphatic carbocycles. The lowest BCUT2D eigenvalue weighted by Crippen LogP contribution is -2.52. The van der Waals surface area contributed by atoms with E-state index in [4.69, 9.17) is 9.47 Å². The maximum Gasteiger partial charge on any atom is 0.424 e. The van der Waals surface area contributed by atoms with Crippen molar-refractivity contribution >= 4 is 22.7 Å². The van der Waals surface area contributed by atoms with Gasteiger partial charge in [-0.1, -0.05) is 6.07 Å². The van der Waals surface area contributed by atoms with E-state index >= 15 is 0 Å². The molecule has 49 heavy (non-hydrogen) atoms. The van der Waals surface area contributed by atoms with E-state index in [1.54, 1.807) is 18.3 Å². The molecule has 2 aromatic carbocycles. The molecule has 14 heteroatoms. The van der Waals surface area contributed by atoms with Crippen LogP contribution in [0.3, 0.4) is 0 Å². The van der Waals surface area contributed by atoms with Gasteiger partial charge in [-0.15, -0.1) is 0 Å². The maximum absolute atomic E-state index is 15.0. The van der Waals surface area contributed by atoms with E-state index in [2.05, 4.69) is 15.3 Å². The number of hydrogen-bond acceptors (Lipinski definition) is 8.